The van der Waals surface area contributed by atoms with Gasteiger partial charge in [0, 0.05) is 11.1 Å². The van der Waals surface area contributed by atoms with Crippen LogP contribution in [0.2, 0.25) is 0 Å². The fourth-order valence-electron chi connectivity index (χ4n) is 3.97. The Morgan fingerprint density at radius 3 is 1.54 bits per heavy atom. The minimum absolute atomic E-state index is 0. The maximum atomic E-state index is 9.82. The summed E-state index contributed by atoms with van der Waals surface area (Å²) in [6.07, 6.45) is 0. The minimum Gasteiger partial charge on any atom is -0.508 e. The van der Waals surface area contributed by atoms with Crippen molar-refractivity contribution in [3.05, 3.63) is 94.5 Å². The van der Waals surface area contributed by atoms with Crippen LogP contribution in [-0.4, -0.2) is 5.11 Å². The molecule has 0 aliphatic rings. The van der Waals surface area contributed by atoms with Crippen molar-refractivity contribution in [3.63, 3.8) is 0 Å². The standard InChI is InChI=1S/C21H25NO.C14H19NO.2CH4/c1-20(2,3)17-11-12-19(18(13-17)21(4,5)15-22)23-14-16-9-7-6-8-10-16;1-13(2,3)10-6-7-12(16)11(8-10)14(4,5)9-15;;/h6-13H,14H2,1-5H3;6-8,16H,1-5H3;2*1H4. The quantitative estimate of drug-likeness (QED) is 0.339. The van der Waals surface area contributed by atoms with Gasteiger partial charge < -0.3 is 9.84 Å². The van der Waals surface area contributed by atoms with Gasteiger partial charge in [0.15, 0.2) is 0 Å². The first-order valence-electron chi connectivity index (χ1n) is 13.4. The lowest BCUT2D eigenvalue weighted by Crippen LogP contribution is -2.19. The van der Waals surface area contributed by atoms with Crippen LogP contribution >= 0.6 is 0 Å². The first-order valence-corrected chi connectivity index (χ1v) is 13.4. The molecule has 0 aliphatic carbocycles. The summed E-state index contributed by atoms with van der Waals surface area (Å²) < 4.78 is 6.03. The average Bonchev–Trinajstić information content (AvgIpc) is 2.87. The Labute approximate surface area is 250 Å². The first kappa shape index (κ1) is 37.2. The van der Waals surface area contributed by atoms with E-state index in [0.717, 1.165) is 22.4 Å². The molecule has 41 heavy (non-hydrogen) atoms. The lowest BCUT2D eigenvalue weighted by Gasteiger charge is -2.25. The number of nitriles is 2. The number of hydrogen-bond acceptors (Lipinski definition) is 4. The summed E-state index contributed by atoms with van der Waals surface area (Å²) in [5, 5.41) is 28.5. The van der Waals surface area contributed by atoms with Crippen LogP contribution in [0.3, 0.4) is 0 Å². The van der Waals surface area contributed by atoms with E-state index in [4.69, 9.17) is 10.00 Å². The Morgan fingerprint density at radius 1 is 0.634 bits per heavy atom. The SMILES string of the molecule is C.C.CC(C)(C)c1ccc(O)c(C(C)(C)C#N)c1.CC(C)(C)c1ccc(OCc2ccccc2)c(C(C)(C)C#N)c1. The second-order valence-corrected chi connectivity index (χ2v) is 13.2. The lowest BCUT2D eigenvalue weighted by molar-refractivity contribution is 0.299. The smallest absolute Gasteiger partial charge is 0.124 e. The van der Waals surface area contributed by atoms with Gasteiger partial charge >= 0.3 is 0 Å². The van der Waals surface area contributed by atoms with Crippen LogP contribution in [0.25, 0.3) is 0 Å². The summed E-state index contributed by atoms with van der Waals surface area (Å²) in [6, 6.07) is 26.4. The van der Waals surface area contributed by atoms with E-state index < -0.39 is 10.8 Å². The highest BCUT2D eigenvalue weighted by molar-refractivity contribution is 5.47. The molecule has 3 aromatic carbocycles. The lowest BCUT2D eigenvalue weighted by atomic mass is 9.80. The van der Waals surface area contributed by atoms with Crippen LogP contribution in [0.1, 0.15) is 112 Å². The predicted molar refractivity (Wildman–Crippen MR) is 173 cm³/mol. The predicted octanol–water partition coefficient (Wildman–Crippen LogP) is 10.1. The minimum atomic E-state index is -0.661. The van der Waals surface area contributed by atoms with Gasteiger partial charge in [0.05, 0.1) is 23.0 Å². The zero-order chi connectivity index (χ0) is 29.6. The highest BCUT2D eigenvalue weighted by Gasteiger charge is 2.27. The van der Waals surface area contributed by atoms with Crippen molar-refractivity contribution in [2.24, 2.45) is 0 Å². The van der Waals surface area contributed by atoms with Gasteiger partial charge in [-0.1, -0.05) is 98.9 Å². The molecule has 0 bridgehead atoms. The van der Waals surface area contributed by atoms with Crippen LogP contribution in [-0.2, 0) is 28.3 Å². The molecule has 0 aromatic heterocycles. The highest BCUT2D eigenvalue weighted by Crippen LogP contribution is 2.36. The van der Waals surface area contributed by atoms with Crippen molar-refractivity contribution in [1.82, 2.24) is 0 Å². The number of phenolic OH excluding ortho intramolecular Hbond substituents is 1. The van der Waals surface area contributed by atoms with Gasteiger partial charge in [-0.3, -0.25) is 0 Å². The zero-order valence-corrected chi connectivity index (χ0v) is 25.3. The summed E-state index contributed by atoms with van der Waals surface area (Å²) in [6.45, 7) is 20.9. The molecule has 4 heteroatoms. The van der Waals surface area contributed by atoms with Gasteiger partial charge in [0.2, 0.25) is 0 Å². The number of rotatable bonds is 5. The molecule has 0 atom stereocenters. The highest BCUT2D eigenvalue weighted by atomic mass is 16.5. The van der Waals surface area contributed by atoms with Crippen LogP contribution in [0.4, 0.5) is 0 Å². The van der Waals surface area contributed by atoms with E-state index in [-0.39, 0.29) is 31.4 Å². The van der Waals surface area contributed by atoms with Crippen molar-refractivity contribution in [1.29, 1.82) is 10.5 Å². The monoisotopic (exact) mass is 556 g/mol. The summed E-state index contributed by atoms with van der Waals surface area (Å²) >= 11 is 0. The zero-order valence-electron chi connectivity index (χ0n) is 25.3. The molecular formula is C37H52N2O2. The van der Waals surface area contributed by atoms with E-state index >= 15 is 0 Å². The molecule has 3 aromatic rings. The van der Waals surface area contributed by atoms with E-state index in [9.17, 15) is 10.4 Å². The van der Waals surface area contributed by atoms with Crippen molar-refractivity contribution in [3.8, 4) is 23.6 Å². The molecule has 0 fully saturated rings. The number of aromatic hydroxyl groups is 1. The van der Waals surface area contributed by atoms with Crippen LogP contribution in [0.15, 0.2) is 66.7 Å². The summed E-state index contributed by atoms with van der Waals surface area (Å²) in [5.74, 6) is 0.980. The second kappa shape index (κ2) is 14.2. The van der Waals surface area contributed by atoms with E-state index in [2.05, 4.69) is 65.8 Å². The molecular weight excluding hydrogens is 504 g/mol. The van der Waals surface area contributed by atoms with Crippen molar-refractivity contribution < 1.29 is 9.84 Å². The van der Waals surface area contributed by atoms with Gasteiger partial charge in [0.25, 0.3) is 0 Å². The Morgan fingerprint density at radius 2 is 1.07 bits per heavy atom. The Hall–Kier alpha value is -3.76. The number of benzene rings is 3. The number of ether oxygens (including phenoxy) is 1. The van der Waals surface area contributed by atoms with Crippen molar-refractivity contribution in [2.75, 3.05) is 0 Å². The molecule has 0 saturated heterocycles. The largest absolute Gasteiger partial charge is 0.508 e. The molecule has 0 spiro atoms. The van der Waals surface area contributed by atoms with Gasteiger partial charge in [-0.25, -0.2) is 0 Å². The van der Waals surface area contributed by atoms with E-state index in [1.54, 1.807) is 6.07 Å². The van der Waals surface area contributed by atoms with Gasteiger partial charge in [0.1, 0.15) is 18.1 Å². The third-order valence-electron chi connectivity index (χ3n) is 6.85. The average molecular weight is 557 g/mol. The second-order valence-electron chi connectivity index (χ2n) is 13.2. The summed E-state index contributed by atoms with van der Waals surface area (Å²) in [4.78, 5) is 0. The number of phenols is 1. The fraction of sp³-hybridized carbons (Fsp3) is 0.459. The van der Waals surface area contributed by atoms with Gasteiger partial charge in [-0.2, -0.15) is 10.5 Å². The maximum absolute atomic E-state index is 9.82. The molecule has 1 N–H and O–H groups in total. The van der Waals surface area contributed by atoms with Crippen LogP contribution in [0, 0.1) is 22.7 Å². The normalized spacial score (nSPS) is 11.4. The Kier molecular flexibility index (Phi) is 12.9. The van der Waals surface area contributed by atoms with Crippen LogP contribution < -0.4 is 4.74 Å². The molecule has 0 saturated carbocycles. The summed E-state index contributed by atoms with van der Waals surface area (Å²) in [7, 11) is 0. The van der Waals surface area contributed by atoms with E-state index in [1.165, 1.54) is 5.56 Å². The molecule has 0 amide bonds. The van der Waals surface area contributed by atoms with Crippen LogP contribution in [0.5, 0.6) is 11.5 Å². The first-order chi connectivity index (χ1) is 17.9. The molecule has 222 valence electrons. The topological polar surface area (TPSA) is 77.0 Å². The molecule has 0 unspecified atom stereocenters. The number of hydrogen-bond donors (Lipinski definition) is 1. The Bertz CT molecular complexity index is 1340. The molecule has 0 aliphatic heterocycles. The molecule has 4 nitrogen and oxygen atoms in total. The fourth-order valence-corrected chi connectivity index (χ4v) is 3.97. The van der Waals surface area contributed by atoms with E-state index in [1.807, 2.05) is 76.2 Å². The molecule has 0 heterocycles. The van der Waals surface area contributed by atoms with E-state index in [0.29, 0.717) is 12.2 Å². The third-order valence-corrected chi connectivity index (χ3v) is 6.85. The van der Waals surface area contributed by atoms with Gasteiger partial charge in [-0.15, -0.1) is 0 Å². The summed E-state index contributed by atoms with van der Waals surface area (Å²) in [5.41, 5.74) is 3.91. The van der Waals surface area contributed by atoms with Crippen molar-refractivity contribution in [2.45, 2.75) is 112 Å². The molecule has 0 radical (unpaired) electrons. The maximum Gasteiger partial charge on any atom is 0.124 e. The third kappa shape index (κ3) is 9.98. The molecule has 3 rings (SSSR count). The number of nitrogens with zero attached hydrogens (tertiary/aromatic N) is 2. The van der Waals surface area contributed by atoms with Crippen molar-refractivity contribution >= 4 is 0 Å². The Balaban J connectivity index is 0.000000789. The van der Waals surface area contributed by atoms with Gasteiger partial charge in [-0.05, 0) is 79.5 Å².